The third-order valence-corrected chi connectivity index (χ3v) is 6.69. The molecule has 4 aromatic rings. The second-order valence-corrected chi connectivity index (χ2v) is 9.52. The highest BCUT2D eigenvalue weighted by molar-refractivity contribution is 7.14. The van der Waals surface area contributed by atoms with Crippen LogP contribution in [0, 0.1) is 6.92 Å². The maximum absolute atomic E-state index is 13.2. The maximum atomic E-state index is 13.2. The van der Waals surface area contributed by atoms with E-state index in [2.05, 4.69) is 20.3 Å². The van der Waals surface area contributed by atoms with Gasteiger partial charge in [0.1, 0.15) is 0 Å². The van der Waals surface area contributed by atoms with E-state index < -0.39 is 6.04 Å². The number of aromatic nitrogens is 1. The summed E-state index contributed by atoms with van der Waals surface area (Å²) in [5.74, 6) is -0.589. The van der Waals surface area contributed by atoms with Gasteiger partial charge in [0.2, 0.25) is 5.13 Å². The van der Waals surface area contributed by atoms with E-state index >= 15 is 0 Å². The van der Waals surface area contributed by atoms with E-state index in [1.165, 1.54) is 16.3 Å². The summed E-state index contributed by atoms with van der Waals surface area (Å²) in [4.78, 5) is 30.8. The van der Waals surface area contributed by atoms with Gasteiger partial charge in [-0.25, -0.2) is 4.98 Å². The van der Waals surface area contributed by atoms with Gasteiger partial charge in [0.25, 0.3) is 5.91 Å². The lowest BCUT2D eigenvalue weighted by atomic mass is 10.0. The quantitative estimate of drug-likeness (QED) is 0.208. The Morgan fingerprint density at radius 3 is 2.53 bits per heavy atom. The van der Waals surface area contributed by atoms with Crippen molar-refractivity contribution in [2.45, 2.75) is 19.9 Å². The highest BCUT2D eigenvalue weighted by Gasteiger charge is 2.36. The molecule has 2 heterocycles. The van der Waals surface area contributed by atoms with Gasteiger partial charge in [0.05, 0.1) is 22.7 Å². The van der Waals surface area contributed by atoms with E-state index in [0.717, 1.165) is 16.8 Å². The molecule has 9 heteroatoms. The standard InChI is InChI=1S/C27H20ClN5O2S/c1-16-8-10-18(11-9-16)23-15-36-27(29-23)33-26(35)24(17(2)32-33)31-30-22-13-12-20(28)14-21(22)25(34)19-6-4-3-5-7-19/h3-15,24H,1-2H3/t24-/m0/s1. The molecule has 0 N–H and O–H groups in total. The fourth-order valence-electron chi connectivity index (χ4n) is 3.69. The second-order valence-electron chi connectivity index (χ2n) is 8.25. The van der Waals surface area contributed by atoms with Crippen molar-refractivity contribution >= 4 is 51.2 Å². The van der Waals surface area contributed by atoms with Gasteiger partial charge in [-0.3, -0.25) is 9.59 Å². The fraction of sp³-hybridized carbons (Fsp3) is 0.111. The van der Waals surface area contributed by atoms with Gasteiger partial charge in [0, 0.05) is 21.5 Å². The van der Waals surface area contributed by atoms with Crippen molar-refractivity contribution in [3.63, 3.8) is 0 Å². The van der Waals surface area contributed by atoms with Crippen LogP contribution in [0.15, 0.2) is 93.5 Å². The van der Waals surface area contributed by atoms with Gasteiger partial charge in [-0.2, -0.15) is 20.3 Å². The molecule has 1 amide bonds. The van der Waals surface area contributed by atoms with Crippen LogP contribution in [0.1, 0.15) is 28.4 Å². The van der Waals surface area contributed by atoms with Gasteiger partial charge >= 0.3 is 0 Å². The first-order valence-electron chi connectivity index (χ1n) is 11.1. The molecule has 0 unspecified atom stereocenters. The molecule has 36 heavy (non-hydrogen) atoms. The number of hydrogen-bond donors (Lipinski definition) is 0. The van der Waals surface area contributed by atoms with Crippen molar-refractivity contribution in [3.05, 3.63) is 99.9 Å². The molecule has 1 aromatic heterocycles. The summed E-state index contributed by atoms with van der Waals surface area (Å²) >= 11 is 7.48. The molecule has 0 spiro atoms. The molecule has 1 aliphatic heterocycles. The summed E-state index contributed by atoms with van der Waals surface area (Å²) in [6, 6.07) is 20.7. The zero-order valence-corrected chi connectivity index (χ0v) is 21.0. The van der Waals surface area contributed by atoms with Crippen LogP contribution in [0.4, 0.5) is 10.8 Å². The second kappa shape index (κ2) is 9.93. The van der Waals surface area contributed by atoms with Gasteiger partial charge in [-0.05, 0) is 32.0 Å². The maximum Gasteiger partial charge on any atom is 0.282 e. The monoisotopic (exact) mass is 513 g/mol. The number of hydrazone groups is 1. The zero-order chi connectivity index (χ0) is 25.2. The molecule has 178 valence electrons. The van der Waals surface area contributed by atoms with Crippen LogP contribution in [0.2, 0.25) is 5.02 Å². The van der Waals surface area contributed by atoms with E-state index in [0.29, 0.717) is 32.7 Å². The molecule has 0 saturated heterocycles. The van der Waals surface area contributed by atoms with Crippen LogP contribution in [-0.4, -0.2) is 28.4 Å². The average molecular weight is 514 g/mol. The number of halogens is 1. The molecule has 1 atom stereocenters. The predicted octanol–water partition coefficient (Wildman–Crippen LogP) is 6.88. The van der Waals surface area contributed by atoms with E-state index in [1.807, 2.05) is 42.6 Å². The molecule has 1 aliphatic rings. The first kappa shape index (κ1) is 23.7. The lowest BCUT2D eigenvalue weighted by Gasteiger charge is -2.09. The summed E-state index contributed by atoms with van der Waals surface area (Å²) < 4.78 is 0. The number of carbonyl (C=O) groups is 2. The zero-order valence-electron chi connectivity index (χ0n) is 19.4. The van der Waals surface area contributed by atoms with Gasteiger partial charge in [0.15, 0.2) is 11.8 Å². The Bertz CT molecular complexity index is 1510. The van der Waals surface area contributed by atoms with Gasteiger partial charge in [-0.1, -0.05) is 71.8 Å². The van der Waals surface area contributed by atoms with Crippen LogP contribution in [-0.2, 0) is 4.79 Å². The van der Waals surface area contributed by atoms with Crippen molar-refractivity contribution in [1.29, 1.82) is 0 Å². The lowest BCUT2D eigenvalue weighted by molar-refractivity contribution is -0.117. The molecule has 0 bridgehead atoms. The third-order valence-electron chi connectivity index (χ3n) is 5.64. The molecule has 7 nitrogen and oxygen atoms in total. The largest absolute Gasteiger partial charge is 0.289 e. The summed E-state index contributed by atoms with van der Waals surface area (Å²) in [6.45, 7) is 3.74. The number of azo groups is 1. The first-order valence-corrected chi connectivity index (χ1v) is 12.4. The van der Waals surface area contributed by atoms with Gasteiger partial charge in [-0.15, -0.1) is 11.3 Å². The highest BCUT2D eigenvalue weighted by Crippen LogP contribution is 2.32. The Morgan fingerprint density at radius 1 is 1.03 bits per heavy atom. The average Bonchev–Trinajstić information content (AvgIpc) is 3.48. The number of nitrogens with zero attached hydrogens (tertiary/aromatic N) is 5. The van der Waals surface area contributed by atoms with Gasteiger partial charge < -0.3 is 0 Å². The van der Waals surface area contributed by atoms with Crippen molar-refractivity contribution in [2.75, 3.05) is 5.01 Å². The minimum absolute atomic E-state index is 0.233. The van der Waals surface area contributed by atoms with Crippen molar-refractivity contribution in [2.24, 2.45) is 15.3 Å². The normalized spacial score (nSPS) is 15.5. The van der Waals surface area contributed by atoms with Crippen LogP contribution in [0.25, 0.3) is 11.3 Å². The van der Waals surface area contributed by atoms with Crippen LogP contribution < -0.4 is 5.01 Å². The Labute approximate surface area is 216 Å². The van der Waals surface area contributed by atoms with Crippen LogP contribution >= 0.6 is 22.9 Å². The van der Waals surface area contributed by atoms with Crippen molar-refractivity contribution in [1.82, 2.24) is 4.98 Å². The predicted molar refractivity (Wildman–Crippen MR) is 143 cm³/mol. The van der Waals surface area contributed by atoms with E-state index in [9.17, 15) is 9.59 Å². The highest BCUT2D eigenvalue weighted by atomic mass is 35.5. The number of ketones is 1. The fourth-order valence-corrected chi connectivity index (χ4v) is 4.65. The number of hydrogen-bond acceptors (Lipinski definition) is 7. The third kappa shape index (κ3) is 4.73. The Morgan fingerprint density at radius 2 is 1.78 bits per heavy atom. The Hall–Kier alpha value is -4.01. The molecule has 5 rings (SSSR count). The number of anilines is 1. The summed E-state index contributed by atoms with van der Waals surface area (Å²) in [5.41, 5.74) is 4.51. The molecule has 0 fully saturated rings. The Kier molecular flexibility index (Phi) is 6.54. The topological polar surface area (TPSA) is 87.3 Å². The van der Waals surface area contributed by atoms with Crippen molar-refractivity contribution in [3.8, 4) is 11.3 Å². The van der Waals surface area contributed by atoms with E-state index in [-0.39, 0.29) is 11.7 Å². The van der Waals surface area contributed by atoms with E-state index in [4.69, 9.17) is 11.6 Å². The van der Waals surface area contributed by atoms with Crippen molar-refractivity contribution < 1.29 is 9.59 Å². The number of thiazole rings is 1. The van der Waals surface area contributed by atoms with E-state index in [1.54, 1.807) is 49.4 Å². The SMILES string of the molecule is CC1=NN(c2nc(-c3ccc(C)cc3)cs2)C(=O)[C@H]1N=Nc1ccc(Cl)cc1C(=O)c1ccccc1. The molecule has 3 aromatic carbocycles. The molecular weight excluding hydrogens is 494 g/mol. The number of amides is 1. The summed E-state index contributed by atoms with van der Waals surface area (Å²) in [5, 5.41) is 16.9. The molecule has 0 aliphatic carbocycles. The minimum Gasteiger partial charge on any atom is -0.289 e. The molecular formula is C27H20ClN5O2S. The summed E-state index contributed by atoms with van der Waals surface area (Å²) in [7, 11) is 0. The first-order chi connectivity index (χ1) is 17.4. The molecule has 0 saturated carbocycles. The van der Waals surface area contributed by atoms with Crippen LogP contribution in [0.5, 0.6) is 0 Å². The lowest BCUT2D eigenvalue weighted by Crippen LogP contribution is -2.29. The number of aryl methyl sites for hydroxylation is 1. The Balaban J connectivity index is 1.38. The number of rotatable bonds is 6. The molecule has 0 radical (unpaired) electrons. The smallest absolute Gasteiger partial charge is 0.282 e. The number of carbonyl (C=O) groups excluding carboxylic acids is 2. The summed E-state index contributed by atoms with van der Waals surface area (Å²) in [6.07, 6.45) is 0. The number of benzene rings is 3. The minimum atomic E-state index is -0.910. The van der Waals surface area contributed by atoms with Crippen LogP contribution in [0.3, 0.4) is 0 Å².